The highest BCUT2D eigenvalue weighted by Gasteiger charge is 2.50. The number of nitrogens with zero attached hydrogens (tertiary/aromatic N) is 3. The highest BCUT2D eigenvalue weighted by Crippen LogP contribution is 2.30. The number of carbonyl (C=O) groups excluding carboxylic acids is 7. The van der Waals surface area contributed by atoms with Gasteiger partial charge in [-0.1, -0.05) is 94.3 Å². The predicted molar refractivity (Wildman–Crippen MR) is 244 cm³/mol. The molecule has 2 heterocycles. The summed E-state index contributed by atoms with van der Waals surface area (Å²) in [6.45, 7) is 10.9. The van der Waals surface area contributed by atoms with Gasteiger partial charge in [0.1, 0.15) is 23.7 Å². The lowest BCUT2D eigenvalue weighted by atomic mass is 9.93. The molecule has 2 aliphatic heterocycles. The standard InChI is InChI=1S/C49H68N6O10/c1-8-23-53(7)43(57)21-22-44(58)64-33-55(48(62)38(20-19-36-15-11-9-12-16-36)50-42(56)31-54-24-26-63-27-25-54)41(29-35(4)5)47(61)52-40(30-37-17-13-10-14-18-37)46(60)51-39(28-34(2)3)45(59)49(6)32-65-49/h1,9-18,34-35,38-41H,19-33H2,2-7H3,(H,50,56)(H,51,60)(H,52,61)/t38-,39-,40-,41-,49-/m0/s1. The Morgan fingerprint density at radius 2 is 1.42 bits per heavy atom. The van der Waals surface area contributed by atoms with E-state index in [1.165, 1.54) is 11.9 Å². The maximum Gasteiger partial charge on any atom is 0.308 e. The largest absolute Gasteiger partial charge is 0.444 e. The molecule has 354 valence electrons. The van der Waals surface area contributed by atoms with Crippen LogP contribution in [0.1, 0.15) is 77.8 Å². The number of ketones is 1. The van der Waals surface area contributed by atoms with Gasteiger partial charge in [-0.05, 0) is 55.6 Å². The summed E-state index contributed by atoms with van der Waals surface area (Å²) in [6, 6.07) is 13.9. The first-order valence-corrected chi connectivity index (χ1v) is 22.6. The van der Waals surface area contributed by atoms with E-state index in [0.717, 1.165) is 16.0 Å². The zero-order valence-electron chi connectivity index (χ0n) is 38.8. The summed E-state index contributed by atoms with van der Waals surface area (Å²) in [5, 5.41) is 8.72. The fourth-order valence-electron chi connectivity index (χ4n) is 7.51. The molecular weight excluding hydrogens is 833 g/mol. The van der Waals surface area contributed by atoms with Crippen LogP contribution < -0.4 is 16.0 Å². The van der Waals surface area contributed by atoms with Gasteiger partial charge in [0.15, 0.2) is 12.5 Å². The molecule has 0 bridgehead atoms. The molecule has 2 aromatic carbocycles. The Balaban J connectivity index is 1.70. The number of ether oxygens (including phenoxy) is 3. The van der Waals surface area contributed by atoms with Crippen molar-refractivity contribution in [2.45, 2.75) is 109 Å². The van der Waals surface area contributed by atoms with E-state index in [0.29, 0.717) is 39.1 Å². The van der Waals surface area contributed by atoms with Gasteiger partial charge in [-0.2, -0.15) is 0 Å². The number of morpholine rings is 1. The van der Waals surface area contributed by atoms with E-state index in [1.807, 2.05) is 93.3 Å². The van der Waals surface area contributed by atoms with Crippen molar-refractivity contribution < 1.29 is 47.8 Å². The molecule has 65 heavy (non-hydrogen) atoms. The third-order valence-electron chi connectivity index (χ3n) is 11.3. The SMILES string of the molecule is C#CCN(C)C(=O)CCC(=O)OCN(C(=O)[C@H](CCc1ccccc1)NC(=O)CN1CCOCC1)[C@@H](CC(C)C)C(=O)N[C@@H](Cc1ccccc1)C(=O)N[C@@H](CC(C)C)C(=O)[C@]1(C)CO1. The molecule has 5 atom stereocenters. The summed E-state index contributed by atoms with van der Waals surface area (Å²) >= 11 is 0. The molecule has 4 rings (SSSR count). The molecular formula is C49H68N6O10. The molecule has 0 spiro atoms. The number of nitrogens with one attached hydrogen (secondary N) is 3. The van der Waals surface area contributed by atoms with E-state index in [4.69, 9.17) is 20.6 Å². The van der Waals surface area contributed by atoms with Gasteiger partial charge < -0.3 is 35.1 Å². The molecule has 2 fully saturated rings. The monoisotopic (exact) mass is 900 g/mol. The Morgan fingerprint density at radius 3 is 2.00 bits per heavy atom. The Labute approximate surface area is 383 Å². The maximum atomic E-state index is 15.1. The summed E-state index contributed by atoms with van der Waals surface area (Å²) in [7, 11) is 1.52. The topological polar surface area (TPSA) is 196 Å². The average molecular weight is 901 g/mol. The van der Waals surface area contributed by atoms with Crippen LogP contribution in [0.4, 0.5) is 0 Å². The lowest BCUT2D eigenvalue weighted by Gasteiger charge is -2.35. The molecule has 0 aliphatic carbocycles. The first kappa shape index (κ1) is 52.0. The smallest absolute Gasteiger partial charge is 0.308 e. The van der Waals surface area contributed by atoms with Crippen LogP contribution in [-0.4, -0.2) is 146 Å². The summed E-state index contributed by atoms with van der Waals surface area (Å²) < 4.78 is 16.6. The Morgan fingerprint density at radius 1 is 0.815 bits per heavy atom. The van der Waals surface area contributed by atoms with Gasteiger partial charge in [-0.3, -0.25) is 43.4 Å². The molecule has 0 aromatic heterocycles. The number of esters is 1. The van der Waals surface area contributed by atoms with Crippen molar-refractivity contribution >= 4 is 41.3 Å². The molecule has 0 saturated carbocycles. The molecule has 5 amide bonds. The number of benzene rings is 2. The van der Waals surface area contributed by atoms with E-state index in [-0.39, 0.29) is 75.3 Å². The van der Waals surface area contributed by atoms with Crippen molar-refractivity contribution in [1.29, 1.82) is 0 Å². The Kier molecular flexibility index (Phi) is 20.6. The normalized spacial score (nSPS) is 17.7. The number of hydrogen-bond acceptors (Lipinski definition) is 11. The summed E-state index contributed by atoms with van der Waals surface area (Å²) in [5.41, 5.74) is 0.629. The number of epoxide rings is 1. The average Bonchev–Trinajstić information content (AvgIpc) is 4.04. The number of terminal acetylenes is 1. The van der Waals surface area contributed by atoms with Crippen LogP contribution in [0, 0.1) is 24.2 Å². The zero-order valence-corrected chi connectivity index (χ0v) is 38.8. The van der Waals surface area contributed by atoms with Gasteiger partial charge in [-0.25, -0.2) is 0 Å². The number of Topliss-reactive ketones (excluding diaryl/α,β-unsaturated/α-hetero) is 1. The minimum atomic E-state index is -1.31. The van der Waals surface area contributed by atoms with Crippen LogP contribution >= 0.6 is 0 Å². The molecule has 2 aliphatic rings. The molecule has 3 N–H and O–H groups in total. The van der Waals surface area contributed by atoms with Gasteiger partial charge >= 0.3 is 5.97 Å². The zero-order chi connectivity index (χ0) is 47.5. The third-order valence-corrected chi connectivity index (χ3v) is 11.3. The van der Waals surface area contributed by atoms with Crippen molar-refractivity contribution in [3.05, 3.63) is 71.8 Å². The van der Waals surface area contributed by atoms with Crippen molar-refractivity contribution in [3.63, 3.8) is 0 Å². The van der Waals surface area contributed by atoms with Crippen LogP contribution in [-0.2, 0) is 60.6 Å². The van der Waals surface area contributed by atoms with Gasteiger partial charge in [-0.15, -0.1) is 6.42 Å². The molecule has 16 nitrogen and oxygen atoms in total. The fourth-order valence-corrected chi connectivity index (χ4v) is 7.51. The van der Waals surface area contributed by atoms with E-state index >= 15 is 4.79 Å². The molecule has 16 heteroatoms. The molecule has 2 saturated heterocycles. The molecule has 0 radical (unpaired) electrons. The maximum absolute atomic E-state index is 15.1. The lowest BCUT2D eigenvalue weighted by Crippen LogP contribution is -2.60. The number of amides is 5. The van der Waals surface area contributed by atoms with E-state index in [9.17, 15) is 28.8 Å². The third kappa shape index (κ3) is 17.4. The van der Waals surface area contributed by atoms with Crippen LogP contribution in [0.5, 0.6) is 0 Å². The van der Waals surface area contributed by atoms with Crippen molar-refractivity contribution in [2.24, 2.45) is 11.8 Å². The van der Waals surface area contributed by atoms with E-state index in [2.05, 4.69) is 21.9 Å². The number of carbonyl (C=O) groups is 7. The van der Waals surface area contributed by atoms with Gasteiger partial charge in [0.2, 0.25) is 29.5 Å². The van der Waals surface area contributed by atoms with E-state index < -0.39 is 66.1 Å². The Bertz CT molecular complexity index is 1940. The fraction of sp³-hybridized carbons (Fsp3) is 0.571. The summed E-state index contributed by atoms with van der Waals surface area (Å²) in [5.74, 6) is -1.64. The highest BCUT2D eigenvalue weighted by atomic mass is 16.6. The summed E-state index contributed by atoms with van der Waals surface area (Å²) in [4.78, 5) is 102. The number of rotatable bonds is 26. The van der Waals surface area contributed by atoms with Crippen LogP contribution in [0.2, 0.25) is 0 Å². The number of hydrogen-bond donors (Lipinski definition) is 3. The first-order valence-electron chi connectivity index (χ1n) is 22.6. The molecule has 2 aromatic rings. The van der Waals surface area contributed by atoms with Crippen LogP contribution in [0.3, 0.4) is 0 Å². The van der Waals surface area contributed by atoms with Crippen LogP contribution in [0.15, 0.2) is 60.7 Å². The minimum absolute atomic E-state index is 0.00732. The highest BCUT2D eigenvalue weighted by molar-refractivity contribution is 5.99. The second-order valence-electron chi connectivity index (χ2n) is 17.9. The van der Waals surface area contributed by atoms with Gasteiger partial charge in [0.25, 0.3) is 0 Å². The second kappa shape index (κ2) is 25.8. The van der Waals surface area contributed by atoms with Gasteiger partial charge in [0.05, 0.1) is 45.4 Å². The number of aryl methyl sites for hydroxylation is 1. The van der Waals surface area contributed by atoms with E-state index in [1.54, 1.807) is 6.92 Å². The second-order valence-corrected chi connectivity index (χ2v) is 17.9. The summed E-state index contributed by atoms with van der Waals surface area (Å²) in [6.07, 6.45) is 5.79. The van der Waals surface area contributed by atoms with Crippen molar-refractivity contribution in [1.82, 2.24) is 30.7 Å². The van der Waals surface area contributed by atoms with Crippen molar-refractivity contribution in [3.8, 4) is 12.3 Å². The van der Waals surface area contributed by atoms with Gasteiger partial charge in [0, 0.05) is 33.0 Å². The first-order chi connectivity index (χ1) is 31.0. The minimum Gasteiger partial charge on any atom is -0.444 e. The Hall–Kier alpha value is -5.63. The lowest BCUT2D eigenvalue weighted by molar-refractivity contribution is -0.161. The quantitative estimate of drug-likeness (QED) is 0.0544. The molecule has 0 unspecified atom stereocenters. The predicted octanol–water partition coefficient (Wildman–Crippen LogP) is 2.67. The van der Waals surface area contributed by atoms with Crippen molar-refractivity contribution in [2.75, 3.05) is 59.8 Å². The van der Waals surface area contributed by atoms with Crippen LogP contribution in [0.25, 0.3) is 0 Å².